The van der Waals surface area contributed by atoms with E-state index in [9.17, 15) is 29.7 Å². The highest BCUT2D eigenvalue weighted by Gasteiger charge is 2.48. The van der Waals surface area contributed by atoms with E-state index in [1.54, 1.807) is 48.5 Å². The number of carbonyl (C=O) groups is 2. The molecule has 190 valence electrons. The Morgan fingerprint density at radius 1 is 1.03 bits per heavy atom. The highest BCUT2D eigenvalue weighted by Crippen LogP contribution is 2.37. The Balaban J connectivity index is 1.64. The molecule has 5 rings (SSSR count). The maximum absolute atomic E-state index is 13.5. The van der Waals surface area contributed by atoms with Crippen LogP contribution in [0.1, 0.15) is 33.4 Å². The van der Waals surface area contributed by atoms with Gasteiger partial charge in [-0.2, -0.15) is 4.98 Å². The van der Waals surface area contributed by atoms with Gasteiger partial charge in [-0.05, 0) is 24.3 Å². The first kappa shape index (κ1) is 24.5. The van der Waals surface area contributed by atoms with Crippen LogP contribution in [0.25, 0.3) is 11.2 Å². The number of rotatable bonds is 6. The molecule has 1 aliphatic heterocycles. The maximum atomic E-state index is 13.5. The van der Waals surface area contributed by atoms with Gasteiger partial charge in [0.25, 0.3) is 17.4 Å². The summed E-state index contributed by atoms with van der Waals surface area (Å²) in [6, 6.07) is 16.2. The zero-order valence-electron chi connectivity index (χ0n) is 19.4. The van der Waals surface area contributed by atoms with Crippen LogP contribution in [0.4, 0.5) is 5.95 Å². The van der Waals surface area contributed by atoms with Crippen LogP contribution in [0.15, 0.2) is 71.8 Å². The van der Waals surface area contributed by atoms with Crippen molar-refractivity contribution in [3.8, 4) is 0 Å². The Morgan fingerprint density at radius 3 is 2.24 bits per heavy atom. The normalized spacial score (nSPS) is 18.7. The van der Waals surface area contributed by atoms with E-state index in [2.05, 4.69) is 15.3 Å². The first-order valence-electron chi connectivity index (χ1n) is 11.4. The number of benzene rings is 2. The van der Waals surface area contributed by atoms with Gasteiger partial charge in [-0.25, -0.2) is 9.55 Å². The highest BCUT2D eigenvalue weighted by molar-refractivity contribution is 6.06. The zero-order chi connectivity index (χ0) is 26.2. The van der Waals surface area contributed by atoms with Crippen molar-refractivity contribution in [1.82, 2.24) is 19.1 Å². The number of nitrogens with zero attached hydrogens (tertiary/aromatic N) is 4. The van der Waals surface area contributed by atoms with Crippen molar-refractivity contribution in [2.45, 2.75) is 24.4 Å². The van der Waals surface area contributed by atoms with Gasteiger partial charge in [-0.1, -0.05) is 36.4 Å². The molecular formula is C25H23N5O7. The fraction of sp³-hybridized carbons (Fsp3) is 0.240. The lowest BCUT2D eigenvalue weighted by Crippen LogP contribution is -2.46. The first-order chi connectivity index (χ1) is 17.9. The van der Waals surface area contributed by atoms with Crippen LogP contribution >= 0.6 is 0 Å². The summed E-state index contributed by atoms with van der Waals surface area (Å²) in [5.41, 5.74) is -2.15. The smallest absolute Gasteiger partial charge is 0.290 e. The molecule has 2 atom stereocenters. The molecule has 2 aromatic carbocycles. The molecular weight excluding hydrogens is 482 g/mol. The quantitative estimate of drug-likeness (QED) is 0.292. The number of ether oxygens (including phenoxy) is 1. The number of carbonyl (C=O) groups excluding carboxylic acids is 2. The van der Waals surface area contributed by atoms with Crippen molar-refractivity contribution in [1.29, 1.82) is 0 Å². The van der Waals surface area contributed by atoms with Gasteiger partial charge in [0.1, 0.15) is 11.8 Å². The molecule has 1 amide bonds. The molecule has 0 spiro atoms. The molecule has 0 radical (unpaired) electrons. The molecule has 1 fully saturated rings. The lowest BCUT2D eigenvalue weighted by atomic mass is 9.99. The molecule has 12 nitrogen and oxygen atoms in total. The summed E-state index contributed by atoms with van der Waals surface area (Å²) in [5.74, 6) is -1.65. The van der Waals surface area contributed by atoms with Crippen LogP contribution in [-0.4, -0.2) is 71.2 Å². The summed E-state index contributed by atoms with van der Waals surface area (Å²) in [7, 11) is 0. The van der Waals surface area contributed by atoms with E-state index in [0.717, 1.165) is 4.57 Å². The number of aliphatic hydroxyl groups is 3. The van der Waals surface area contributed by atoms with Crippen molar-refractivity contribution in [3.05, 3.63) is 88.5 Å². The van der Waals surface area contributed by atoms with Crippen LogP contribution in [0.5, 0.6) is 0 Å². The molecule has 4 aromatic rings. The minimum atomic E-state index is -1.61. The Labute approximate surface area is 209 Å². The van der Waals surface area contributed by atoms with Gasteiger partial charge in [0.2, 0.25) is 5.95 Å². The number of aliphatic hydroxyl groups excluding tert-OH is 3. The second-order valence-corrected chi connectivity index (χ2v) is 8.60. The third-order valence-electron chi connectivity index (χ3n) is 6.33. The van der Waals surface area contributed by atoms with E-state index in [1.807, 2.05) is 0 Å². The van der Waals surface area contributed by atoms with Crippen LogP contribution in [0, 0.1) is 0 Å². The summed E-state index contributed by atoms with van der Waals surface area (Å²) < 4.78 is 7.85. The number of fused-ring (bicyclic) bond motifs is 1. The van der Waals surface area contributed by atoms with Crippen LogP contribution in [0.2, 0.25) is 0 Å². The fourth-order valence-corrected chi connectivity index (χ4v) is 4.23. The Hall–Kier alpha value is -4.23. The summed E-state index contributed by atoms with van der Waals surface area (Å²) in [6.45, 7) is -1.28. The number of anilines is 1. The first-order valence-corrected chi connectivity index (χ1v) is 11.4. The van der Waals surface area contributed by atoms with E-state index >= 15 is 0 Å². The molecule has 37 heavy (non-hydrogen) atoms. The van der Waals surface area contributed by atoms with Crippen LogP contribution in [-0.2, 0) is 4.74 Å². The van der Waals surface area contributed by atoms with Gasteiger partial charge in [0.05, 0.1) is 25.6 Å². The van der Waals surface area contributed by atoms with Crippen molar-refractivity contribution in [3.63, 3.8) is 0 Å². The average molecular weight is 505 g/mol. The summed E-state index contributed by atoms with van der Waals surface area (Å²) in [6.07, 6.45) is -0.931. The van der Waals surface area contributed by atoms with Crippen LogP contribution in [0.3, 0.4) is 0 Å². The number of hydrogen-bond donors (Lipinski definition) is 4. The molecule has 0 unspecified atom stereocenters. The summed E-state index contributed by atoms with van der Waals surface area (Å²) >= 11 is 0. The van der Waals surface area contributed by atoms with Crippen molar-refractivity contribution >= 4 is 28.9 Å². The van der Waals surface area contributed by atoms with E-state index in [-0.39, 0.29) is 34.7 Å². The Bertz CT molecular complexity index is 1510. The predicted octanol–water partition coefficient (Wildman–Crippen LogP) is 0.537. The number of hydrogen-bond acceptors (Lipinski definition) is 9. The third kappa shape index (κ3) is 4.21. The van der Waals surface area contributed by atoms with Crippen LogP contribution < -0.4 is 10.9 Å². The van der Waals surface area contributed by atoms with E-state index < -0.39 is 48.5 Å². The topological polar surface area (TPSA) is 169 Å². The molecule has 2 aromatic heterocycles. The van der Waals surface area contributed by atoms with Gasteiger partial charge in [0, 0.05) is 17.5 Å². The van der Waals surface area contributed by atoms with Gasteiger partial charge in [-0.15, -0.1) is 0 Å². The standard InChI is InChI=1S/C25H23N5O7/c31-12-25(13-32)17(33)11-18(37-25)29-14-26-19-20(29)27-24(28-21(34)15-7-3-1-4-8-15)30(23(19)36)22(35)16-9-5-2-6-10-16/h1-10,14,17-18,31-33H,11-13H2,(H,27,28,34)/t17-,18+/m0/s1. The second-order valence-electron chi connectivity index (χ2n) is 8.60. The van der Waals surface area contributed by atoms with Crippen molar-refractivity contribution in [2.75, 3.05) is 18.5 Å². The lowest BCUT2D eigenvalue weighted by Gasteiger charge is -2.27. The van der Waals surface area contributed by atoms with Gasteiger partial charge in [0.15, 0.2) is 11.2 Å². The average Bonchev–Trinajstić information content (AvgIpc) is 3.50. The minimum absolute atomic E-state index is 0.0191. The SMILES string of the molecule is O=C(Nc1nc2c(ncn2[C@H]2C[C@H](O)C(CO)(CO)O2)c(=O)n1C(=O)c1ccccc1)c1ccccc1. The predicted molar refractivity (Wildman–Crippen MR) is 130 cm³/mol. The van der Waals surface area contributed by atoms with Gasteiger partial charge >= 0.3 is 0 Å². The molecule has 0 saturated carbocycles. The third-order valence-corrected chi connectivity index (χ3v) is 6.33. The molecule has 1 saturated heterocycles. The van der Waals surface area contributed by atoms with Crippen molar-refractivity contribution in [2.24, 2.45) is 0 Å². The largest absolute Gasteiger partial charge is 0.393 e. The lowest BCUT2D eigenvalue weighted by molar-refractivity contribution is -0.148. The van der Waals surface area contributed by atoms with E-state index in [1.165, 1.54) is 23.0 Å². The molecule has 3 heterocycles. The van der Waals surface area contributed by atoms with E-state index in [0.29, 0.717) is 0 Å². The second kappa shape index (κ2) is 9.67. The Kier molecular flexibility index (Phi) is 6.39. The maximum Gasteiger partial charge on any atom is 0.290 e. The number of amides is 1. The minimum Gasteiger partial charge on any atom is -0.393 e. The highest BCUT2D eigenvalue weighted by atomic mass is 16.6. The molecule has 0 bridgehead atoms. The number of imidazole rings is 1. The van der Waals surface area contributed by atoms with Crippen molar-refractivity contribution < 1.29 is 29.6 Å². The monoisotopic (exact) mass is 505 g/mol. The number of nitrogens with one attached hydrogen (secondary N) is 1. The summed E-state index contributed by atoms with van der Waals surface area (Å²) in [4.78, 5) is 48.3. The van der Waals surface area contributed by atoms with Gasteiger partial charge in [-0.3, -0.25) is 24.3 Å². The van der Waals surface area contributed by atoms with Gasteiger partial charge < -0.3 is 20.1 Å². The molecule has 1 aliphatic rings. The number of aromatic nitrogens is 4. The Morgan fingerprint density at radius 2 is 1.65 bits per heavy atom. The summed E-state index contributed by atoms with van der Waals surface area (Å²) in [5, 5.41) is 32.3. The zero-order valence-corrected chi connectivity index (χ0v) is 19.4. The molecule has 12 heteroatoms. The molecule has 4 N–H and O–H groups in total. The van der Waals surface area contributed by atoms with E-state index in [4.69, 9.17) is 4.74 Å². The fourth-order valence-electron chi connectivity index (χ4n) is 4.23. The molecule has 0 aliphatic carbocycles.